The van der Waals surface area contributed by atoms with Crippen molar-refractivity contribution < 1.29 is 19.1 Å². The van der Waals surface area contributed by atoms with Crippen molar-refractivity contribution in [1.82, 2.24) is 10.2 Å². The molecule has 1 N–H and O–H groups in total. The fourth-order valence-electron chi connectivity index (χ4n) is 3.20. The number of esters is 1. The summed E-state index contributed by atoms with van der Waals surface area (Å²) in [6.07, 6.45) is 2.04. The maximum Gasteiger partial charge on any atom is 0.337 e. The first-order chi connectivity index (χ1) is 15.5. The molecule has 2 aromatic carbocycles. The number of carbonyl (C=O) groups excluding carboxylic acids is 2. The molecule has 0 saturated heterocycles. The van der Waals surface area contributed by atoms with Crippen molar-refractivity contribution >= 4 is 12.0 Å². The topological polar surface area (TPSA) is 67.9 Å². The molecule has 0 radical (unpaired) electrons. The fraction of sp³-hybridized carbons (Fsp3) is 0.231. The Bertz CT molecular complexity index is 1060. The van der Waals surface area contributed by atoms with Gasteiger partial charge in [-0.3, -0.25) is 0 Å². The third-order valence-corrected chi connectivity index (χ3v) is 4.91. The predicted octanol–water partition coefficient (Wildman–Crippen LogP) is 4.21. The first-order valence-electron chi connectivity index (χ1n) is 10.4. The molecular weight excluding hydrogens is 404 g/mol. The molecule has 164 valence electrons. The smallest absolute Gasteiger partial charge is 0.337 e. The Labute approximate surface area is 188 Å². The molecule has 1 heterocycles. The second-order valence-electron chi connectivity index (χ2n) is 7.12. The average molecular weight is 431 g/mol. The van der Waals surface area contributed by atoms with Crippen LogP contribution in [0.1, 0.15) is 30.5 Å². The van der Waals surface area contributed by atoms with Crippen LogP contribution in [0.2, 0.25) is 0 Å². The number of methoxy groups -OCH3 is 1. The third kappa shape index (κ3) is 5.79. The second kappa shape index (κ2) is 10.9. The normalized spacial score (nSPS) is 15.1. The van der Waals surface area contributed by atoms with Crippen LogP contribution in [-0.2, 0) is 9.53 Å². The maximum atomic E-state index is 12.7. The first kappa shape index (κ1) is 22.7. The van der Waals surface area contributed by atoms with Crippen LogP contribution in [0, 0.1) is 11.8 Å². The van der Waals surface area contributed by atoms with Gasteiger partial charge in [-0.1, -0.05) is 48.8 Å². The average Bonchev–Trinajstić information content (AvgIpc) is 2.82. The Morgan fingerprint density at radius 3 is 2.53 bits per heavy atom. The van der Waals surface area contributed by atoms with E-state index in [0.29, 0.717) is 24.1 Å². The van der Waals surface area contributed by atoms with E-state index in [1.54, 1.807) is 20.2 Å². The number of nitrogens with zero attached hydrogens (tertiary/aromatic N) is 1. The lowest BCUT2D eigenvalue weighted by Gasteiger charge is -2.31. The highest BCUT2D eigenvalue weighted by molar-refractivity contribution is 5.93. The lowest BCUT2D eigenvalue weighted by atomic mass is 9.98. The summed E-state index contributed by atoms with van der Waals surface area (Å²) in [7, 11) is 1.61. The van der Waals surface area contributed by atoms with Crippen LogP contribution in [0.5, 0.6) is 5.75 Å². The molecule has 3 rings (SSSR count). The van der Waals surface area contributed by atoms with Crippen molar-refractivity contribution in [2.24, 2.45) is 0 Å². The van der Waals surface area contributed by atoms with Crippen molar-refractivity contribution in [3.8, 4) is 17.6 Å². The van der Waals surface area contributed by atoms with Gasteiger partial charge in [0.25, 0.3) is 0 Å². The summed E-state index contributed by atoms with van der Waals surface area (Å²) in [4.78, 5) is 26.7. The summed E-state index contributed by atoms with van der Waals surface area (Å²) < 4.78 is 10.4. The molecule has 32 heavy (non-hydrogen) atoms. The number of ether oxygens (including phenoxy) is 2. The van der Waals surface area contributed by atoms with E-state index in [9.17, 15) is 9.59 Å². The molecule has 6 heteroatoms. The van der Waals surface area contributed by atoms with E-state index in [4.69, 9.17) is 9.47 Å². The molecule has 0 spiro atoms. The number of hydrogen-bond acceptors (Lipinski definition) is 4. The van der Waals surface area contributed by atoms with E-state index in [-0.39, 0.29) is 12.6 Å². The van der Waals surface area contributed by atoms with Crippen molar-refractivity contribution in [2.75, 3.05) is 20.3 Å². The zero-order valence-corrected chi connectivity index (χ0v) is 18.3. The van der Waals surface area contributed by atoms with Crippen LogP contribution in [0.3, 0.4) is 0 Å². The van der Waals surface area contributed by atoms with Crippen LogP contribution in [0.4, 0.5) is 4.79 Å². The number of benzene rings is 2. The third-order valence-electron chi connectivity index (χ3n) is 4.91. The minimum atomic E-state index is -0.558. The number of nitrogens with one attached hydrogen (secondary N) is 1. The van der Waals surface area contributed by atoms with Crippen molar-refractivity contribution in [2.45, 2.75) is 19.4 Å². The Morgan fingerprint density at radius 2 is 1.88 bits per heavy atom. The zero-order chi connectivity index (χ0) is 22.9. The standard InChI is InChI=1S/C26H26N2O4/c1-4-32-25(29)23-18-28(26(30)27-24(23)21-8-6-5-7-9-21)17-16-19(2)10-11-20-12-14-22(31-3)15-13-20/h5-9,12-15,18,24H,2,4,16-17H2,1,3H3,(H,27,30). The van der Waals surface area contributed by atoms with Gasteiger partial charge in [0.05, 0.1) is 25.3 Å². The number of amides is 2. The summed E-state index contributed by atoms with van der Waals surface area (Å²) in [5.74, 6) is 6.39. The van der Waals surface area contributed by atoms with Gasteiger partial charge in [0.2, 0.25) is 0 Å². The zero-order valence-electron chi connectivity index (χ0n) is 18.3. The van der Waals surface area contributed by atoms with Gasteiger partial charge in [-0.05, 0) is 48.7 Å². The van der Waals surface area contributed by atoms with E-state index >= 15 is 0 Å². The van der Waals surface area contributed by atoms with Crippen molar-refractivity contribution in [3.05, 3.63) is 89.6 Å². The lowest BCUT2D eigenvalue weighted by molar-refractivity contribution is -0.139. The highest BCUT2D eigenvalue weighted by atomic mass is 16.5. The molecule has 1 aliphatic heterocycles. The van der Waals surface area contributed by atoms with Crippen LogP contribution >= 0.6 is 0 Å². The monoisotopic (exact) mass is 430 g/mol. The molecule has 2 amide bonds. The SMILES string of the molecule is C=C(C#Cc1ccc(OC)cc1)CCN1C=C(C(=O)OCC)C(c2ccccc2)NC1=O. The van der Waals surface area contributed by atoms with Gasteiger partial charge in [-0.25, -0.2) is 9.59 Å². The van der Waals surface area contributed by atoms with Gasteiger partial charge in [-0.2, -0.15) is 0 Å². The number of hydrogen-bond donors (Lipinski definition) is 1. The van der Waals surface area contributed by atoms with Gasteiger partial charge in [0.15, 0.2) is 0 Å². The van der Waals surface area contributed by atoms with Crippen LogP contribution in [0.25, 0.3) is 0 Å². The van der Waals surface area contributed by atoms with Gasteiger partial charge in [0, 0.05) is 18.3 Å². The summed E-state index contributed by atoms with van der Waals surface area (Å²) in [6, 6.07) is 15.9. The molecule has 0 fully saturated rings. The second-order valence-corrected chi connectivity index (χ2v) is 7.12. The molecule has 0 bridgehead atoms. The molecule has 1 unspecified atom stereocenters. The Hall–Kier alpha value is -3.98. The van der Waals surface area contributed by atoms with E-state index in [1.165, 1.54) is 4.90 Å². The first-order valence-corrected chi connectivity index (χ1v) is 10.4. The number of rotatable bonds is 7. The molecule has 0 saturated carbocycles. The summed E-state index contributed by atoms with van der Waals surface area (Å²) in [5, 5.41) is 2.90. The predicted molar refractivity (Wildman–Crippen MR) is 123 cm³/mol. The van der Waals surface area contributed by atoms with Crippen LogP contribution in [-0.4, -0.2) is 37.2 Å². The quantitative estimate of drug-likeness (QED) is 0.528. The Morgan fingerprint density at radius 1 is 1.16 bits per heavy atom. The number of carbonyl (C=O) groups is 2. The van der Waals surface area contributed by atoms with Gasteiger partial charge in [0.1, 0.15) is 5.75 Å². The molecule has 0 aliphatic carbocycles. The van der Waals surface area contributed by atoms with Gasteiger partial charge < -0.3 is 19.7 Å². The minimum Gasteiger partial charge on any atom is -0.497 e. The largest absolute Gasteiger partial charge is 0.497 e. The maximum absolute atomic E-state index is 12.7. The van der Waals surface area contributed by atoms with E-state index < -0.39 is 12.0 Å². The lowest BCUT2D eigenvalue weighted by Crippen LogP contribution is -2.45. The van der Waals surface area contributed by atoms with Crippen LogP contribution < -0.4 is 10.1 Å². The summed E-state index contributed by atoms with van der Waals surface area (Å²) >= 11 is 0. The Balaban J connectivity index is 1.70. The van der Waals surface area contributed by atoms with E-state index in [1.807, 2.05) is 54.6 Å². The summed E-state index contributed by atoms with van der Waals surface area (Å²) in [6.45, 7) is 6.33. The molecule has 0 aromatic heterocycles. The summed E-state index contributed by atoms with van der Waals surface area (Å²) in [5.41, 5.74) is 2.73. The Kier molecular flexibility index (Phi) is 7.71. The molecule has 6 nitrogen and oxygen atoms in total. The van der Waals surface area contributed by atoms with E-state index in [0.717, 1.165) is 16.9 Å². The number of urea groups is 1. The molecule has 2 aromatic rings. The van der Waals surface area contributed by atoms with Crippen molar-refractivity contribution in [1.29, 1.82) is 0 Å². The van der Waals surface area contributed by atoms with E-state index in [2.05, 4.69) is 23.7 Å². The molecular formula is C26H26N2O4. The van der Waals surface area contributed by atoms with Gasteiger partial charge in [-0.15, -0.1) is 0 Å². The highest BCUT2D eigenvalue weighted by Gasteiger charge is 2.32. The van der Waals surface area contributed by atoms with Crippen LogP contribution in [0.15, 0.2) is 78.5 Å². The van der Waals surface area contributed by atoms with Crippen molar-refractivity contribution in [3.63, 3.8) is 0 Å². The minimum absolute atomic E-state index is 0.253. The molecule has 1 aliphatic rings. The van der Waals surface area contributed by atoms with Gasteiger partial charge >= 0.3 is 12.0 Å². The molecule has 1 atom stereocenters. The fourth-order valence-corrected chi connectivity index (χ4v) is 3.20. The highest BCUT2D eigenvalue weighted by Crippen LogP contribution is 2.27.